The van der Waals surface area contributed by atoms with Gasteiger partial charge in [-0.05, 0) is 38.8 Å². The highest BCUT2D eigenvalue weighted by molar-refractivity contribution is 5.92. The Hall–Kier alpha value is -2.04. The van der Waals surface area contributed by atoms with E-state index >= 15 is 0 Å². The summed E-state index contributed by atoms with van der Waals surface area (Å²) in [6.07, 6.45) is 1.39. The molecular formula is C16H22N2O3. The highest BCUT2D eigenvalue weighted by Gasteiger charge is 2.30. The zero-order valence-electron chi connectivity index (χ0n) is 12.6. The summed E-state index contributed by atoms with van der Waals surface area (Å²) >= 11 is 0. The predicted octanol–water partition coefficient (Wildman–Crippen LogP) is 2.74. The number of rotatable bonds is 3. The zero-order chi connectivity index (χ0) is 15.4. The van der Waals surface area contributed by atoms with Crippen LogP contribution in [0, 0.1) is 12.8 Å². The van der Waals surface area contributed by atoms with Crippen LogP contribution in [0.15, 0.2) is 24.3 Å². The van der Waals surface area contributed by atoms with E-state index in [4.69, 9.17) is 5.11 Å². The Morgan fingerprint density at radius 1 is 1.33 bits per heavy atom. The first-order valence-corrected chi connectivity index (χ1v) is 7.39. The van der Waals surface area contributed by atoms with Gasteiger partial charge >= 0.3 is 12.0 Å². The van der Waals surface area contributed by atoms with E-state index in [9.17, 15) is 9.59 Å². The molecule has 21 heavy (non-hydrogen) atoms. The van der Waals surface area contributed by atoms with E-state index in [2.05, 4.69) is 0 Å². The number of piperidine rings is 1. The van der Waals surface area contributed by atoms with Gasteiger partial charge in [-0.15, -0.1) is 0 Å². The second-order valence-corrected chi connectivity index (χ2v) is 5.49. The van der Waals surface area contributed by atoms with Crippen LogP contribution >= 0.6 is 0 Å². The Balaban J connectivity index is 2.12. The van der Waals surface area contributed by atoms with Gasteiger partial charge in [-0.3, -0.25) is 9.69 Å². The Bertz CT molecular complexity index is 513. The Labute approximate surface area is 125 Å². The third-order valence-electron chi connectivity index (χ3n) is 3.93. The van der Waals surface area contributed by atoms with E-state index in [1.54, 1.807) is 9.80 Å². The quantitative estimate of drug-likeness (QED) is 0.931. The van der Waals surface area contributed by atoms with E-state index in [0.717, 1.165) is 17.7 Å². The number of hydrogen-bond acceptors (Lipinski definition) is 2. The Kier molecular flexibility index (Phi) is 4.83. The van der Waals surface area contributed by atoms with Crippen LogP contribution in [0.5, 0.6) is 0 Å². The molecule has 1 N–H and O–H groups in total. The first-order valence-electron chi connectivity index (χ1n) is 7.39. The summed E-state index contributed by atoms with van der Waals surface area (Å²) in [4.78, 5) is 27.1. The molecule has 2 rings (SSSR count). The lowest BCUT2D eigenvalue weighted by Crippen LogP contribution is -2.49. The molecule has 0 saturated carbocycles. The van der Waals surface area contributed by atoms with E-state index < -0.39 is 11.9 Å². The normalized spacial score (nSPS) is 18.4. The van der Waals surface area contributed by atoms with Crippen molar-refractivity contribution in [3.63, 3.8) is 0 Å². The summed E-state index contributed by atoms with van der Waals surface area (Å²) in [5.41, 5.74) is 2.00. The number of hydrogen-bond donors (Lipinski definition) is 1. The maximum absolute atomic E-state index is 12.6. The molecule has 1 aromatic rings. The predicted molar refractivity (Wildman–Crippen MR) is 81.5 cm³/mol. The van der Waals surface area contributed by atoms with E-state index in [1.165, 1.54) is 0 Å². The monoisotopic (exact) mass is 290 g/mol. The van der Waals surface area contributed by atoms with Gasteiger partial charge in [0.25, 0.3) is 0 Å². The van der Waals surface area contributed by atoms with Crippen molar-refractivity contribution in [2.75, 3.05) is 24.5 Å². The first-order chi connectivity index (χ1) is 10.0. The number of nitrogens with zero attached hydrogens (tertiary/aromatic N) is 2. The fourth-order valence-electron chi connectivity index (χ4n) is 2.68. The van der Waals surface area contributed by atoms with Crippen molar-refractivity contribution in [1.82, 2.24) is 4.90 Å². The summed E-state index contributed by atoms with van der Waals surface area (Å²) in [6, 6.07) is 7.70. The van der Waals surface area contributed by atoms with E-state index in [-0.39, 0.29) is 6.03 Å². The lowest BCUT2D eigenvalue weighted by atomic mass is 9.98. The van der Waals surface area contributed by atoms with Gasteiger partial charge in [0, 0.05) is 25.3 Å². The first kappa shape index (κ1) is 15.4. The summed E-state index contributed by atoms with van der Waals surface area (Å²) in [6.45, 7) is 5.43. The maximum atomic E-state index is 12.6. The number of carboxylic acid groups (broad SMARTS) is 1. The van der Waals surface area contributed by atoms with Crippen molar-refractivity contribution >= 4 is 17.7 Å². The van der Waals surface area contributed by atoms with Crippen LogP contribution in [0.4, 0.5) is 10.5 Å². The standard InChI is InChI=1S/C16H22N2O3/c1-3-18(14-8-6-12(2)7-9-14)16(21)17-10-4-5-13(11-17)15(19)20/h6-9,13H,3-5,10-11H2,1-2H3,(H,19,20)/t13-/m1/s1. The molecule has 1 atom stereocenters. The molecule has 1 fully saturated rings. The molecule has 5 nitrogen and oxygen atoms in total. The number of aryl methyl sites for hydroxylation is 1. The third-order valence-corrected chi connectivity index (χ3v) is 3.93. The lowest BCUT2D eigenvalue weighted by Gasteiger charge is -2.34. The fraction of sp³-hybridized carbons (Fsp3) is 0.500. The van der Waals surface area contributed by atoms with Gasteiger partial charge in [-0.25, -0.2) is 4.79 Å². The highest BCUT2D eigenvalue weighted by atomic mass is 16.4. The van der Waals surface area contributed by atoms with Crippen LogP contribution in [0.2, 0.25) is 0 Å². The Morgan fingerprint density at radius 3 is 2.57 bits per heavy atom. The number of amides is 2. The SMILES string of the molecule is CCN(C(=O)N1CCC[C@@H](C(=O)O)C1)c1ccc(C)cc1. The second kappa shape index (κ2) is 6.61. The second-order valence-electron chi connectivity index (χ2n) is 5.49. The van der Waals surface area contributed by atoms with Crippen LogP contribution in [0.25, 0.3) is 0 Å². The van der Waals surface area contributed by atoms with Crippen LogP contribution in [0.1, 0.15) is 25.3 Å². The summed E-state index contributed by atoms with van der Waals surface area (Å²) in [5, 5.41) is 9.13. The van der Waals surface area contributed by atoms with Crippen molar-refractivity contribution in [2.45, 2.75) is 26.7 Å². The Morgan fingerprint density at radius 2 is 2.00 bits per heavy atom. The van der Waals surface area contributed by atoms with Gasteiger partial charge in [-0.1, -0.05) is 17.7 Å². The number of carboxylic acids is 1. The number of likely N-dealkylation sites (tertiary alicyclic amines) is 1. The number of carbonyl (C=O) groups is 2. The van der Waals surface area contributed by atoms with Crippen molar-refractivity contribution in [3.8, 4) is 0 Å². The summed E-state index contributed by atoms with van der Waals surface area (Å²) in [7, 11) is 0. The molecule has 114 valence electrons. The topological polar surface area (TPSA) is 60.9 Å². The number of urea groups is 1. The van der Waals surface area contributed by atoms with Crippen molar-refractivity contribution in [3.05, 3.63) is 29.8 Å². The minimum atomic E-state index is -0.814. The molecule has 1 heterocycles. The lowest BCUT2D eigenvalue weighted by molar-refractivity contribution is -0.143. The van der Waals surface area contributed by atoms with Gasteiger partial charge in [0.05, 0.1) is 5.92 Å². The molecule has 0 bridgehead atoms. The molecule has 0 aliphatic carbocycles. The molecule has 5 heteroatoms. The number of benzene rings is 1. The molecule has 0 radical (unpaired) electrons. The summed E-state index contributed by atoms with van der Waals surface area (Å²) < 4.78 is 0. The molecule has 0 spiro atoms. The largest absolute Gasteiger partial charge is 0.481 e. The van der Waals surface area contributed by atoms with Crippen molar-refractivity contribution in [1.29, 1.82) is 0 Å². The van der Waals surface area contributed by atoms with Gasteiger partial charge in [0.2, 0.25) is 0 Å². The molecule has 1 saturated heterocycles. The van der Waals surface area contributed by atoms with Crippen molar-refractivity contribution in [2.24, 2.45) is 5.92 Å². The minimum Gasteiger partial charge on any atom is -0.481 e. The van der Waals surface area contributed by atoms with Crippen molar-refractivity contribution < 1.29 is 14.7 Å². The minimum absolute atomic E-state index is 0.104. The highest BCUT2D eigenvalue weighted by Crippen LogP contribution is 2.21. The molecule has 1 aliphatic rings. The molecule has 0 aromatic heterocycles. The average Bonchev–Trinajstić information content (AvgIpc) is 2.50. The van der Waals surface area contributed by atoms with Crippen LogP contribution < -0.4 is 4.90 Å². The molecule has 0 unspecified atom stereocenters. The number of aliphatic carboxylic acids is 1. The van der Waals surface area contributed by atoms with Gasteiger partial charge in [0.15, 0.2) is 0 Å². The summed E-state index contributed by atoms with van der Waals surface area (Å²) in [5.74, 6) is -1.26. The van der Waals surface area contributed by atoms with E-state index in [0.29, 0.717) is 26.1 Å². The fourth-order valence-corrected chi connectivity index (χ4v) is 2.68. The molecule has 1 aliphatic heterocycles. The van der Waals surface area contributed by atoms with E-state index in [1.807, 2.05) is 38.1 Å². The number of carbonyl (C=O) groups excluding carboxylic acids is 1. The van der Waals surface area contributed by atoms with Crippen LogP contribution in [0.3, 0.4) is 0 Å². The third kappa shape index (κ3) is 3.54. The van der Waals surface area contributed by atoms with Crippen LogP contribution in [-0.2, 0) is 4.79 Å². The molecular weight excluding hydrogens is 268 g/mol. The van der Waals surface area contributed by atoms with Gasteiger partial charge in [-0.2, -0.15) is 0 Å². The average molecular weight is 290 g/mol. The van der Waals surface area contributed by atoms with Crippen LogP contribution in [-0.4, -0.2) is 41.6 Å². The number of anilines is 1. The maximum Gasteiger partial charge on any atom is 0.324 e. The van der Waals surface area contributed by atoms with Gasteiger partial charge < -0.3 is 10.0 Å². The molecule has 2 amide bonds. The molecule has 1 aromatic carbocycles. The zero-order valence-corrected chi connectivity index (χ0v) is 12.6. The smallest absolute Gasteiger partial charge is 0.324 e. The van der Waals surface area contributed by atoms with Gasteiger partial charge in [0.1, 0.15) is 0 Å².